The zero-order valence-corrected chi connectivity index (χ0v) is 13.4. The third-order valence-corrected chi connectivity index (χ3v) is 4.65. The lowest BCUT2D eigenvalue weighted by Gasteiger charge is -2.33. The number of likely N-dealkylation sites (tertiary alicyclic amines) is 2. The van der Waals surface area contributed by atoms with E-state index in [1.54, 1.807) is 6.07 Å². The van der Waals surface area contributed by atoms with Crippen LogP contribution in [0.1, 0.15) is 36.2 Å². The van der Waals surface area contributed by atoms with Crippen molar-refractivity contribution in [3.05, 3.63) is 18.0 Å². The summed E-state index contributed by atoms with van der Waals surface area (Å²) in [7, 11) is 0. The third-order valence-electron chi connectivity index (χ3n) is 4.65. The number of nitrogens with one attached hydrogen (secondary N) is 1. The van der Waals surface area contributed by atoms with Crippen molar-refractivity contribution in [1.82, 2.24) is 20.3 Å². The summed E-state index contributed by atoms with van der Waals surface area (Å²) in [6.45, 7) is 4.75. The van der Waals surface area contributed by atoms with E-state index in [0.29, 0.717) is 24.7 Å². The van der Waals surface area contributed by atoms with Crippen LogP contribution >= 0.6 is 0 Å². The quantitative estimate of drug-likeness (QED) is 0.866. The molecule has 3 heterocycles. The highest BCUT2D eigenvalue weighted by molar-refractivity contribution is 5.91. The van der Waals surface area contributed by atoms with Crippen molar-refractivity contribution in [3.63, 3.8) is 0 Å². The van der Waals surface area contributed by atoms with Crippen molar-refractivity contribution in [2.24, 2.45) is 5.92 Å². The third kappa shape index (κ3) is 4.31. The second-order valence-corrected chi connectivity index (χ2v) is 6.43. The number of nitrogens with zero attached hydrogens (tertiary/aromatic N) is 3. The Labute approximate surface area is 136 Å². The Hall–Kier alpha value is -1.89. The molecule has 126 valence electrons. The Morgan fingerprint density at radius 3 is 2.83 bits per heavy atom. The summed E-state index contributed by atoms with van der Waals surface area (Å²) in [6.07, 6.45) is 5.81. The molecule has 0 aliphatic carbocycles. The Morgan fingerprint density at radius 1 is 1.26 bits per heavy atom. The van der Waals surface area contributed by atoms with Gasteiger partial charge in [0, 0.05) is 25.7 Å². The lowest BCUT2D eigenvalue weighted by Crippen LogP contribution is -2.46. The summed E-state index contributed by atoms with van der Waals surface area (Å²) in [5.41, 5.74) is 0.294. The summed E-state index contributed by atoms with van der Waals surface area (Å²) in [5, 5.41) is 6.50. The zero-order chi connectivity index (χ0) is 16.1. The van der Waals surface area contributed by atoms with Gasteiger partial charge < -0.3 is 14.7 Å². The smallest absolute Gasteiger partial charge is 0.273 e. The molecular weight excluding hydrogens is 296 g/mol. The molecule has 0 bridgehead atoms. The van der Waals surface area contributed by atoms with E-state index in [0.717, 1.165) is 39.0 Å². The summed E-state index contributed by atoms with van der Waals surface area (Å²) >= 11 is 0. The molecule has 0 saturated carbocycles. The molecule has 7 heteroatoms. The molecule has 1 atom stereocenters. The topological polar surface area (TPSA) is 78.7 Å². The van der Waals surface area contributed by atoms with Crippen LogP contribution in [0.15, 0.2) is 16.9 Å². The highest BCUT2D eigenvalue weighted by Gasteiger charge is 2.26. The SMILES string of the molecule is O=C(NCC1CCCN(C(=O)CN2CCCC2)C1)c1ccon1. The molecular formula is C16H24N4O3. The van der Waals surface area contributed by atoms with Gasteiger partial charge in [0.05, 0.1) is 6.54 Å². The van der Waals surface area contributed by atoms with Crippen molar-refractivity contribution in [1.29, 1.82) is 0 Å². The molecule has 1 aromatic rings. The van der Waals surface area contributed by atoms with Crippen molar-refractivity contribution in [2.45, 2.75) is 25.7 Å². The highest BCUT2D eigenvalue weighted by atomic mass is 16.5. The fourth-order valence-electron chi connectivity index (χ4n) is 3.35. The fourth-order valence-corrected chi connectivity index (χ4v) is 3.35. The van der Waals surface area contributed by atoms with Crippen molar-refractivity contribution in [2.75, 3.05) is 39.3 Å². The van der Waals surface area contributed by atoms with Gasteiger partial charge in [-0.3, -0.25) is 14.5 Å². The molecule has 2 amide bonds. The summed E-state index contributed by atoms with van der Waals surface area (Å²) in [6, 6.07) is 1.54. The molecule has 2 fully saturated rings. The highest BCUT2D eigenvalue weighted by Crippen LogP contribution is 2.17. The second-order valence-electron chi connectivity index (χ2n) is 6.43. The first-order chi connectivity index (χ1) is 11.2. The molecule has 0 radical (unpaired) electrons. The molecule has 0 spiro atoms. The number of piperidine rings is 1. The molecule has 1 aromatic heterocycles. The molecule has 1 N–H and O–H groups in total. The predicted octanol–water partition coefficient (Wildman–Crippen LogP) is 0.739. The van der Waals surface area contributed by atoms with Crippen molar-refractivity contribution in [3.8, 4) is 0 Å². The van der Waals surface area contributed by atoms with Crippen LogP contribution in [0.5, 0.6) is 0 Å². The number of amides is 2. The Kier molecular flexibility index (Phi) is 5.27. The van der Waals surface area contributed by atoms with E-state index in [1.165, 1.54) is 19.1 Å². The molecule has 2 saturated heterocycles. The summed E-state index contributed by atoms with van der Waals surface area (Å²) < 4.78 is 4.67. The van der Waals surface area contributed by atoms with Gasteiger partial charge in [0.2, 0.25) is 5.91 Å². The van der Waals surface area contributed by atoms with Gasteiger partial charge in [0.15, 0.2) is 5.69 Å². The van der Waals surface area contributed by atoms with Gasteiger partial charge >= 0.3 is 0 Å². The van der Waals surface area contributed by atoms with Crippen LogP contribution in [0.25, 0.3) is 0 Å². The van der Waals surface area contributed by atoms with E-state index in [9.17, 15) is 9.59 Å². The van der Waals surface area contributed by atoms with E-state index >= 15 is 0 Å². The first-order valence-corrected chi connectivity index (χ1v) is 8.41. The van der Waals surface area contributed by atoms with Crippen molar-refractivity contribution < 1.29 is 14.1 Å². The predicted molar refractivity (Wildman–Crippen MR) is 83.8 cm³/mol. The molecule has 1 unspecified atom stereocenters. The Morgan fingerprint density at radius 2 is 2.09 bits per heavy atom. The monoisotopic (exact) mass is 320 g/mol. The van der Waals surface area contributed by atoms with E-state index in [4.69, 9.17) is 0 Å². The lowest BCUT2D eigenvalue weighted by atomic mass is 9.98. The van der Waals surface area contributed by atoms with E-state index in [1.807, 2.05) is 4.90 Å². The molecule has 0 aromatic carbocycles. The molecule has 7 nitrogen and oxygen atoms in total. The summed E-state index contributed by atoms with van der Waals surface area (Å²) in [4.78, 5) is 28.5. The average Bonchev–Trinajstić information content (AvgIpc) is 3.26. The molecule has 2 aliphatic heterocycles. The molecule has 23 heavy (non-hydrogen) atoms. The average molecular weight is 320 g/mol. The van der Waals surface area contributed by atoms with Crippen LogP contribution in [0.2, 0.25) is 0 Å². The number of rotatable bonds is 5. The standard InChI is InChI=1S/C16H24N4O3/c21-15(12-19-6-1-2-7-19)20-8-3-4-13(11-20)10-17-16(22)14-5-9-23-18-14/h5,9,13H,1-4,6-8,10-12H2,(H,17,22). The Bertz CT molecular complexity index is 525. The van der Waals surface area contributed by atoms with Crippen LogP contribution in [0.3, 0.4) is 0 Å². The molecule has 3 rings (SSSR count). The minimum Gasteiger partial charge on any atom is -0.364 e. The van der Waals surface area contributed by atoms with Gasteiger partial charge in [-0.25, -0.2) is 0 Å². The number of carbonyl (C=O) groups is 2. The van der Waals surface area contributed by atoms with Gasteiger partial charge in [-0.1, -0.05) is 5.16 Å². The maximum atomic E-state index is 12.4. The lowest BCUT2D eigenvalue weighted by molar-refractivity contribution is -0.133. The minimum atomic E-state index is -0.223. The van der Waals surface area contributed by atoms with Gasteiger partial charge in [-0.2, -0.15) is 0 Å². The molecule has 2 aliphatic rings. The van der Waals surface area contributed by atoms with Crippen LogP contribution in [-0.4, -0.2) is 66.0 Å². The van der Waals surface area contributed by atoms with Crippen LogP contribution in [-0.2, 0) is 4.79 Å². The van der Waals surface area contributed by atoms with Gasteiger partial charge in [-0.15, -0.1) is 0 Å². The number of hydrogen-bond acceptors (Lipinski definition) is 5. The first kappa shape index (κ1) is 16.0. The fraction of sp³-hybridized carbons (Fsp3) is 0.688. The maximum absolute atomic E-state index is 12.4. The zero-order valence-electron chi connectivity index (χ0n) is 13.4. The van der Waals surface area contributed by atoms with Crippen LogP contribution < -0.4 is 5.32 Å². The normalized spacial score (nSPS) is 22.3. The van der Waals surface area contributed by atoms with Crippen LogP contribution in [0, 0.1) is 5.92 Å². The second kappa shape index (κ2) is 7.59. The van der Waals surface area contributed by atoms with Gasteiger partial charge in [0.1, 0.15) is 6.26 Å². The number of carbonyl (C=O) groups excluding carboxylic acids is 2. The summed E-state index contributed by atoms with van der Waals surface area (Å²) in [5.74, 6) is 0.306. The largest absolute Gasteiger partial charge is 0.364 e. The van der Waals surface area contributed by atoms with Crippen LogP contribution in [0.4, 0.5) is 0 Å². The van der Waals surface area contributed by atoms with E-state index in [-0.39, 0.29) is 11.8 Å². The first-order valence-electron chi connectivity index (χ1n) is 8.41. The number of aromatic nitrogens is 1. The number of hydrogen-bond donors (Lipinski definition) is 1. The minimum absolute atomic E-state index is 0.222. The van der Waals surface area contributed by atoms with E-state index in [2.05, 4.69) is 19.9 Å². The van der Waals surface area contributed by atoms with Gasteiger partial charge in [-0.05, 0) is 44.7 Å². The van der Waals surface area contributed by atoms with E-state index < -0.39 is 0 Å². The Balaban J connectivity index is 1.44. The van der Waals surface area contributed by atoms with Gasteiger partial charge in [0.25, 0.3) is 5.91 Å². The maximum Gasteiger partial charge on any atom is 0.273 e. The van der Waals surface area contributed by atoms with Crippen molar-refractivity contribution >= 4 is 11.8 Å².